The Hall–Kier alpha value is -1.14. The highest BCUT2D eigenvalue weighted by Gasteiger charge is 2.18. The zero-order valence-corrected chi connectivity index (χ0v) is 9.51. The minimum Gasteiger partial charge on any atom is -0.479 e. The second-order valence-corrected chi connectivity index (χ2v) is 3.41. The Labute approximate surface area is 94.2 Å². The number of hydrogen-bond acceptors (Lipinski definition) is 4. The first kappa shape index (κ1) is 14.9. The van der Waals surface area contributed by atoms with Gasteiger partial charge in [0.25, 0.3) is 0 Å². The van der Waals surface area contributed by atoms with E-state index in [2.05, 4.69) is 0 Å². The van der Waals surface area contributed by atoms with Crippen LogP contribution in [0.5, 0.6) is 0 Å². The van der Waals surface area contributed by atoms with Crippen LogP contribution in [0, 0.1) is 0 Å². The van der Waals surface area contributed by atoms with Crippen LogP contribution in [0.3, 0.4) is 0 Å². The summed E-state index contributed by atoms with van der Waals surface area (Å²) in [7, 11) is 2.68. The van der Waals surface area contributed by atoms with Gasteiger partial charge in [0, 0.05) is 14.2 Å². The third kappa shape index (κ3) is 5.67. The van der Waals surface area contributed by atoms with Crippen molar-refractivity contribution < 1.29 is 29.3 Å². The van der Waals surface area contributed by atoms with Crippen LogP contribution in [-0.2, 0) is 19.1 Å². The van der Waals surface area contributed by atoms with E-state index in [1.54, 1.807) is 0 Å². The summed E-state index contributed by atoms with van der Waals surface area (Å²) in [5, 5.41) is 17.3. The minimum absolute atomic E-state index is 0.377. The molecule has 6 nitrogen and oxygen atoms in total. The SMILES string of the molecule is COC(CCCCC(OC)C(=O)O)C(=O)O. The molecule has 0 fully saturated rings. The first-order chi connectivity index (χ1) is 7.52. The Morgan fingerprint density at radius 2 is 1.25 bits per heavy atom. The van der Waals surface area contributed by atoms with Gasteiger partial charge in [-0.25, -0.2) is 9.59 Å². The van der Waals surface area contributed by atoms with E-state index in [9.17, 15) is 9.59 Å². The van der Waals surface area contributed by atoms with Gasteiger partial charge >= 0.3 is 11.9 Å². The summed E-state index contributed by atoms with van der Waals surface area (Å²) in [6.45, 7) is 0. The first-order valence-corrected chi connectivity index (χ1v) is 5.04. The van der Waals surface area contributed by atoms with Crippen LogP contribution in [0.25, 0.3) is 0 Å². The molecule has 2 atom stereocenters. The van der Waals surface area contributed by atoms with Crippen LogP contribution in [0.2, 0.25) is 0 Å². The summed E-state index contributed by atoms with van der Waals surface area (Å²) in [4.78, 5) is 21.2. The number of carboxylic acid groups (broad SMARTS) is 2. The van der Waals surface area contributed by atoms with Crippen LogP contribution in [0.1, 0.15) is 25.7 Å². The molecular formula is C10H18O6. The van der Waals surface area contributed by atoms with Crippen molar-refractivity contribution in [3.05, 3.63) is 0 Å². The monoisotopic (exact) mass is 234 g/mol. The summed E-state index contributed by atoms with van der Waals surface area (Å²) in [6, 6.07) is 0. The van der Waals surface area contributed by atoms with E-state index in [1.807, 2.05) is 0 Å². The fourth-order valence-corrected chi connectivity index (χ4v) is 1.34. The lowest BCUT2D eigenvalue weighted by atomic mass is 10.1. The number of unbranched alkanes of at least 4 members (excludes halogenated alkanes) is 1. The fourth-order valence-electron chi connectivity index (χ4n) is 1.34. The van der Waals surface area contributed by atoms with Gasteiger partial charge in [0.2, 0.25) is 0 Å². The van der Waals surface area contributed by atoms with Crippen molar-refractivity contribution in [3.63, 3.8) is 0 Å². The lowest BCUT2D eigenvalue weighted by molar-refractivity contribution is -0.150. The number of aliphatic carboxylic acids is 2. The Balaban J connectivity index is 3.73. The molecule has 0 aliphatic carbocycles. The van der Waals surface area contributed by atoms with Crippen LogP contribution in [-0.4, -0.2) is 48.6 Å². The summed E-state index contributed by atoms with van der Waals surface area (Å²) >= 11 is 0. The Morgan fingerprint density at radius 1 is 0.938 bits per heavy atom. The molecule has 94 valence electrons. The Morgan fingerprint density at radius 3 is 1.44 bits per heavy atom. The number of methoxy groups -OCH3 is 2. The predicted octanol–water partition coefficient (Wildman–Crippen LogP) is 0.746. The lowest BCUT2D eigenvalue weighted by Crippen LogP contribution is -2.24. The Kier molecular flexibility index (Phi) is 7.49. The summed E-state index contributed by atoms with van der Waals surface area (Å²) in [6.07, 6.45) is 0.316. The van der Waals surface area contributed by atoms with Gasteiger partial charge in [0.1, 0.15) is 0 Å². The second kappa shape index (κ2) is 8.06. The van der Waals surface area contributed by atoms with Crippen LogP contribution in [0.15, 0.2) is 0 Å². The minimum atomic E-state index is -0.996. The van der Waals surface area contributed by atoms with Crippen molar-refractivity contribution in [2.45, 2.75) is 37.9 Å². The molecule has 0 amide bonds. The van der Waals surface area contributed by atoms with Crippen LogP contribution < -0.4 is 0 Å². The standard InChI is InChI=1S/C10H18O6/c1-15-7(9(11)12)5-3-4-6-8(16-2)10(13)14/h7-8H,3-6H2,1-2H3,(H,11,12)(H,13,14). The van der Waals surface area contributed by atoms with Crippen molar-refractivity contribution in [2.24, 2.45) is 0 Å². The maximum Gasteiger partial charge on any atom is 0.332 e. The molecule has 16 heavy (non-hydrogen) atoms. The Bertz CT molecular complexity index is 203. The molecule has 0 aromatic rings. The van der Waals surface area contributed by atoms with Gasteiger partial charge in [-0.05, 0) is 12.8 Å². The summed E-state index contributed by atoms with van der Waals surface area (Å²) < 4.78 is 9.49. The molecule has 0 saturated carbocycles. The average Bonchev–Trinajstić information content (AvgIpc) is 2.22. The van der Waals surface area contributed by atoms with Gasteiger partial charge in [0.15, 0.2) is 12.2 Å². The molecule has 0 aromatic heterocycles. The first-order valence-electron chi connectivity index (χ1n) is 5.04. The highest BCUT2D eigenvalue weighted by atomic mass is 16.5. The predicted molar refractivity (Wildman–Crippen MR) is 55.3 cm³/mol. The smallest absolute Gasteiger partial charge is 0.332 e. The number of ether oxygens (including phenoxy) is 2. The normalized spacial score (nSPS) is 14.4. The van der Waals surface area contributed by atoms with Crippen molar-refractivity contribution in [2.75, 3.05) is 14.2 Å². The van der Waals surface area contributed by atoms with Crippen molar-refractivity contribution >= 4 is 11.9 Å². The van der Waals surface area contributed by atoms with E-state index < -0.39 is 24.1 Å². The molecular weight excluding hydrogens is 216 g/mol. The maximum atomic E-state index is 10.6. The van der Waals surface area contributed by atoms with E-state index in [4.69, 9.17) is 19.7 Å². The largest absolute Gasteiger partial charge is 0.479 e. The average molecular weight is 234 g/mol. The topological polar surface area (TPSA) is 93.1 Å². The van der Waals surface area contributed by atoms with Gasteiger partial charge in [0.05, 0.1) is 0 Å². The van der Waals surface area contributed by atoms with Gasteiger partial charge in [-0.2, -0.15) is 0 Å². The summed E-state index contributed by atoms with van der Waals surface area (Å²) in [5.41, 5.74) is 0. The second-order valence-electron chi connectivity index (χ2n) is 3.41. The maximum absolute atomic E-state index is 10.6. The fraction of sp³-hybridized carbons (Fsp3) is 0.800. The van der Waals surface area contributed by atoms with Gasteiger partial charge in [-0.15, -0.1) is 0 Å². The van der Waals surface area contributed by atoms with E-state index in [0.717, 1.165) is 0 Å². The van der Waals surface area contributed by atoms with Crippen molar-refractivity contribution in [3.8, 4) is 0 Å². The molecule has 0 aliphatic heterocycles. The van der Waals surface area contributed by atoms with Crippen molar-refractivity contribution in [1.29, 1.82) is 0 Å². The third-order valence-electron chi connectivity index (χ3n) is 2.30. The number of rotatable bonds is 9. The lowest BCUT2D eigenvalue weighted by Gasteiger charge is -2.12. The highest BCUT2D eigenvalue weighted by Crippen LogP contribution is 2.10. The van der Waals surface area contributed by atoms with Crippen molar-refractivity contribution in [1.82, 2.24) is 0 Å². The zero-order chi connectivity index (χ0) is 12.6. The van der Waals surface area contributed by atoms with E-state index in [-0.39, 0.29) is 0 Å². The van der Waals surface area contributed by atoms with E-state index in [1.165, 1.54) is 14.2 Å². The highest BCUT2D eigenvalue weighted by molar-refractivity contribution is 5.72. The van der Waals surface area contributed by atoms with E-state index >= 15 is 0 Å². The number of carbonyl (C=O) groups is 2. The summed E-state index contributed by atoms with van der Waals surface area (Å²) in [5.74, 6) is -1.99. The van der Waals surface area contributed by atoms with Crippen LogP contribution in [0.4, 0.5) is 0 Å². The molecule has 2 unspecified atom stereocenters. The molecule has 0 heterocycles. The van der Waals surface area contributed by atoms with Gasteiger partial charge in [-0.3, -0.25) is 0 Å². The molecule has 0 saturated heterocycles. The number of carboxylic acids is 2. The molecule has 0 radical (unpaired) electrons. The molecule has 2 N–H and O–H groups in total. The molecule has 0 aromatic carbocycles. The molecule has 0 rings (SSSR count). The van der Waals surface area contributed by atoms with Gasteiger partial charge in [-0.1, -0.05) is 12.8 Å². The quantitative estimate of drug-likeness (QED) is 0.572. The zero-order valence-electron chi connectivity index (χ0n) is 9.51. The van der Waals surface area contributed by atoms with Gasteiger partial charge < -0.3 is 19.7 Å². The molecule has 0 spiro atoms. The molecule has 0 aliphatic rings. The van der Waals surface area contributed by atoms with Crippen LogP contribution >= 0.6 is 0 Å². The third-order valence-corrected chi connectivity index (χ3v) is 2.30. The molecule has 0 bridgehead atoms. The van der Waals surface area contributed by atoms with E-state index in [0.29, 0.717) is 25.7 Å². The molecule has 6 heteroatoms. The number of hydrogen-bond donors (Lipinski definition) is 2.